The van der Waals surface area contributed by atoms with Gasteiger partial charge >= 0.3 is 11.9 Å². The van der Waals surface area contributed by atoms with Crippen LogP contribution in [0.4, 0.5) is 0 Å². The highest BCUT2D eigenvalue weighted by molar-refractivity contribution is 8.13. The number of carbonyl (C=O) groups excluding carboxylic acids is 2. The Morgan fingerprint density at radius 3 is 2.40 bits per heavy atom. The molecule has 8 nitrogen and oxygen atoms in total. The monoisotopic (exact) mass is 434 g/mol. The van der Waals surface area contributed by atoms with Gasteiger partial charge in [-0.05, 0) is 30.9 Å². The lowest BCUT2D eigenvalue weighted by Crippen LogP contribution is -2.61. The van der Waals surface area contributed by atoms with E-state index in [1.54, 1.807) is 29.2 Å². The lowest BCUT2D eigenvalue weighted by Gasteiger charge is -2.44. The van der Waals surface area contributed by atoms with Gasteiger partial charge in [0.05, 0.1) is 6.04 Å². The molecular formula is C21H26N2O6S. The van der Waals surface area contributed by atoms with Crippen LogP contribution < -0.4 is 0 Å². The van der Waals surface area contributed by atoms with Crippen molar-refractivity contribution >= 4 is 34.7 Å². The SMILES string of the molecule is CC(=O)SC[C@H]1CN2[C@@H](C[C@H](CCC(=O)O)[C@H]2C(=O)O)CN1C(=O)c1ccccc1. The number of carboxylic acids is 2. The van der Waals surface area contributed by atoms with Gasteiger partial charge in [0.1, 0.15) is 6.04 Å². The van der Waals surface area contributed by atoms with Gasteiger partial charge < -0.3 is 15.1 Å². The number of thioether (sulfide) groups is 1. The molecule has 0 aromatic heterocycles. The molecule has 9 heteroatoms. The molecule has 162 valence electrons. The molecule has 0 bridgehead atoms. The van der Waals surface area contributed by atoms with Crippen molar-refractivity contribution in [3.8, 4) is 0 Å². The van der Waals surface area contributed by atoms with Crippen LogP contribution in [0.15, 0.2) is 30.3 Å². The Labute approximate surface area is 179 Å². The Balaban J connectivity index is 1.84. The Hall–Kier alpha value is -2.39. The van der Waals surface area contributed by atoms with Crippen LogP contribution in [-0.4, -0.2) is 79.9 Å². The van der Waals surface area contributed by atoms with E-state index in [2.05, 4.69) is 0 Å². The molecule has 2 saturated heterocycles. The van der Waals surface area contributed by atoms with Crippen LogP contribution in [0.3, 0.4) is 0 Å². The fourth-order valence-electron chi connectivity index (χ4n) is 4.55. The fourth-order valence-corrected chi connectivity index (χ4v) is 5.26. The van der Waals surface area contributed by atoms with E-state index in [4.69, 9.17) is 5.11 Å². The topological polar surface area (TPSA) is 115 Å². The van der Waals surface area contributed by atoms with Crippen LogP contribution in [0.2, 0.25) is 0 Å². The van der Waals surface area contributed by atoms with Crippen LogP contribution in [0, 0.1) is 5.92 Å². The van der Waals surface area contributed by atoms with Crippen molar-refractivity contribution in [2.75, 3.05) is 18.8 Å². The lowest BCUT2D eigenvalue weighted by atomic mass is 9.93. The number of benzene rings is 1. The maximum atomic E-state index is 13.2. The first-order chi connectivity index (χ1) is 14.3. The summed E-state index contributed by atoms with van der Waals surface area (Å²) in [5.41, 5.74) is 0.555. The molecule has 2 aliphatic heterocycles. The molecule has 1 aromatic rings. The molecule has 2 fully saturated rings. The number of aliphatic carboxylic acids is 2. The van der Waals surface area contributed by atoms with Gasteiger partial charge in [0.2, 0.25) is 0 Å². The highest BCUT2D eigenvalue weighted by Gasteiger charge is 2.50. The van der Waals surface area contributed by atoms with Gasteiger partial charge in [0.25, 0.3) is 5.91 Å². The minimum Gasteiger partial charge on any atom is -0.481 e. The lowest BCUT2D eigenvalue weighted by molar-refractivity contribution is -0.146. The van der Waals surface area contributed by atoms with Crippen LogP contribution in [0.25, 0.3) is 0 Å². The Morgan fingerprint density at radius 2 is 1.80 bits per heavy atom. The van der Waals surface area contributed by atoms with Gasteiger partial charge in [0, 0.05) is 43.8 Å². The van der Waals surface area contributed by atoms with Gasteiger partial charge in [-0.1, -0.05) is 30.0 Å². The summed E-state index contributed by atoms with van der Waals surface area (Å²) in [6.45, 7) is 2.19. The molecule has 1 amide bonds. The maximum Gasteiger partial charge on any atom is 0.321 e. The minimum atomic E-state index is -0.964. The van der Waals surface area contributed by atoms with E-state index in [-0.39, 0.29) is 35.4 Å². The number of piperazine rings is 1. The van der Waals surface area contributed by atoms with Gasteiger partial charge in [-0.15, -0.1) is 0 Å². The first kappa shape index (κ1) is 22.3. The first-order valence-corrected chi connectivity index (χ1v) is 11.0. The average Bonchev–Trinajstić information content (AvgIpc) is 3.07. The van der Waals surface area contributed by atoms with Crippen molar-refractivity contribution in [1.82, 2.24) is 9.80 Å². The summed E-state index contributed by atoms with van der Waals surface area (Å²) in [6, 6.07) is 7.69. The van der Waals surface area contributed by atoms with Crippen LogP contribution in [0.5, 0.6) is 0 Å². The zero-order valence-corrected chi connectivity index (χ0v) is 17.6. The Bertz CT molecular complexity index is 817. The summed E-state index contributed by atoms with van der Waals surface area (Å²) in [5.74, 6) is -1.93. The molecule has 3 rings (SSSR count). The molecule has 0 spiro atoms. The Kier molecular flexibility index (Phi) is 7.14. The number of fused-ring (bicyclic) bond motifs is 1. The first-order valence-electron chi connectivity index (χ1n) is 9.97. The number of nitrogens with zero attached hydrogens (tertiary/aromatic N) is 2. The van der Waals surface area contributed by atoms with Crippen molar-refractivity contribution < 1.29 is 29.4 Å². The molecule has 0 saturated carbocycles. The second-order valence-corrected chi connectivity index (χ2v) is 9.04. The van der Waals surface area contributed by atoms with E-state index in [1.807, 2.05) is 11.0 Å². The predicted molar refractivity (Wildman–Crippen MR) is 111 cm³/mol. The van der Waals surface area contributed by atoms with E-state index in [9.17, 15) is 24.3 Å². The zero-order chi connectivity index (χ0) is 21.8. The van der Waals surface area contributed by atoms with Crippen molar-refractivity contribution in [1.29, 1.82) is 0 Å². The molecule has 1 aromatic carbocycles. The van der Waals surface area contributed by atoms with E-state index in [0.29, 0.717) is 37.2 Å². The van der Waals surface area contributed by atoms with Crippen molar-refractivity contribution in [3.63, 3.8) is 0 Å². The van der Waals surface area contributed by atoms with Crippen LogP contribution in [0.1, 0.15) is 36.5 Å². The molecule has 2 N–H and O–H groups in total. The van der Waals surface area contributed by atoms with E-state index in [1.165, 1.54) is 6.92 Å². The van der Waals surface area contributed by atoms with E-state index in [0.717, 1.165) is 11.8 Å². The summed E-state index contributed by atoms with van der Waals surface area (Å²) in [4.78, 5) is 51.3. The molecule has 0 unspecified atom stereocenters. The number of rotatable bonds is 7. The Morgan fingerprint density at radius 1 is 1.10 bits per heavy atom. The largest absolute Gasteiger partial charge is 0.481 e. The van der Waals surface area contributed by atoms with Crippen LogP contribution >= 0.6 is 11.8 Å². The number of carboxylic acid groups (broad SMARTS) is 2. The number of amides is 1. The normalized spacial score (nSPS) is 26.2. The van der Waals surface area contributed by atoms with Gasteiger partial charge in [-0.25, -0.2) is 0 Å². The quantitative estimate of drug-likeness (QED) is 0.668. The van der Waals surface area contributed by atoms with Gasteiger partial charge in [0.15, 0.2) is 5.12 Å². The van der Waals surface area contributed by atoms with Gasteiger partial charge in [-0.3, -0.25) is 24.1 Å². The van der Waals surface area contributed by atoms with E-state index < -0.39 is 18.0 Å². The summed E-state index contributed by atoms with van der Waals surface area (Å²) in [6.07, 6.45) is 0.749. The summed E-state index contributed by atoms with van der Waals surface area (Å²) >= 11 is 1.13. The summed E-state index contributed by atoms with van der Waals surface area (Å²) < 4.78 is 0. The number of hydrogen-bond donors (Lipinski definition) is 2. The van der Waals surface area contributed by atoms with Gasteiger partial charge in [-0.2, -0.15) is 0 Å². The molecule has 2 aliphatic rings. The third-order valence-electron chi connectivity index (χ3n) is 5.86. The molecular weight excluding hydrogens is 408 g/mol. The second-order valence-electron chi connectivity index (χ2n) is 7.84. The smallest absolute Gasteiger partial charge is 0.321 e. The average molecular weight is 435 g/mol. The third-order valence-corrected chi connectivity index (χ3v) is 6.82. The third kappa shape index (κ3) is 5.02. The van der Waals surface area contributed by atoms with Crippen molar-refractivity contribution in [2.24, 2.45) is 5.92 Å². The highest BCUT2D eigenvalue weighted by Crippen LogP contribution is 2.37. The molecule has 30 heavy (non-hydrogen) atoms. The molecule has 0 aliphatic carbocycles. The standard InChI is InChI=1S/C21H26N2O6S/c1-13(24)30-12-17-11-22-16(9-15(7-8-18(25)26)19(22)21(28)29)10-23(17)20(27)14-5-3-2-4-6-14/h2-6,15-17,19H,7-12H2,1H3,(H,25,26)(H,28,29)/t15-,16-,17+,19-/m0/s1. The second kappa shape index (κ2) is 9.61. The number of carbonyl (C=O) groups is 4. The van der Waals surface area contributed by atoms with Crippen molar-refractivity contribution in [2.45, 2.75) is 44.3 Å². The van der Waals surface area contributed by atoms with Crippen molar-refractivity contribution in [3.05, 3.63) is 35.9 Å². The highest BCUT2D eigenvalue weighted by atomic mass is 32.2. The molecule has 4 atom stereocenters. The number of hydrogen-bond acceptors (Lipinski definition) is 6. The summed E-state index contributed by atoms with van der Waals surface area (Å²) in [5, 5.41) is 18.8. The molecule has 2 heterocycles. The zero-order valence-electron chi connectivity index (χ0n) is 16.8. The van der Waals surface area contributed by atoms with E-state index >= 15 is 0 Å². The minimum absolute atomic E-state index is 0.0558. The van der Waals surface area contributed by atoms with Crippen LogP contribution in [-0.2, 0) is 14.4 Å². The predicted octanol–water partition coefficient (Wildman–Crippen LogP) is 1.80. The maximum absolute atomic E-state index is 13.2. The fraction of sp³-hybridized carbons (Fsp3) is 0.524. The summed E-state index contributed by atoms with van der Waals surface area (Å²) in [7, 11) is 0. The molecule has 0 radical (unpaired) electrons.